The molecule has 0 aliphatic heterocycles. The number of rotatable bonds is 14. The number of carbonyl (C=O) groups is 1. The van der Waals surface area contributed by atoms with Gasteiger partial charge in [-0.25, -0.2) is 4.79 Å². The number of esters is 1. The predicted molar refractivity (Wildman–Crippen MR) is 75.4 cm³/mol. The standard InChI is InChI=1S/C14H13F15O5/c15-8(16,7(31)34-6-5-33-4-3-32-2-1-30)9(17,18)10(19,20)11(21,22)12(23,24)13(25,26)14(27,28)29/h30H,1-6H2. The van der Waals surface area contributed by atoms with Gasteiger partial charge in [0, 0.05) is 0 Å². The van der Waals surface area contributed by atoms with Gasteiger partial charge < -0.3 is 19.3 Å². The van der Waals surface area contributed by atoms with Crippen LogP contribution in [-0.4, -0.2) is 92.4 Å². The molecule has 20 heteroatoms. The fourth-order valence-corrected chi connectivity index (χ4v) is 1.77. The molecule has 34 heavy (non-hydrogen) atoms. The van der Waals surface area contributed by atoms with E-state index in [1.165, 1.54) is 0 Å². The van der Waals surface area contributed by atoms with E-state index < -0.39 is 74.1 Å². The molecule has 1 N–H and O–H groups in total. The Morgan fingerprint density at radius 1 is 0.529 bits per heavy atom. The summed E-state index contributed by atoms with van der Waals surface area (Å²) in [5.41, 5.74) is 0. The van der Waals surface area contributed by atoms with Crippen molar-refractivity contribution < 1.29 is 90.0 Å². The molecular formula is C14H13F15O5. The lowest BCUT2D eigenvalue weighted by atomic mass is 9.91. The van der Waals surface area contributed by atoms with Crippen LogP contribution < -0.4 is 0 Å². The third kappa shape index (κ3) is 5.58. The highest BCUT2D eigenvalue weighted by Gasteiger charge is 2.94. The minimum atomic E-state index is -8.48. The number of ether oxygens (including phenoxy) is 3. The van der Waals surface area contributed by atoms with Crippen LogP contribution in [0.1, 0.15) is 0 Å². The van der Waals surface area contributed by atoms with Crippen molar-refractivity contribution in [3.63, 3.8) is 0 Å². The number of aliphatic hydroxyl groups excluding tert-OH is 1. The zero-order valence-corrected chi connectivity index (χ0v) is 16.0. The number of hydrogen-bond donors (Lipinski definition) is 1. The number of aliphatic hydroxyl groups is 1. The van der Waals surface area contributed by atoms with E-state index >= 15 is 0 Å². The van der Waals surface area contributed by atoms with Crippen LogP contribution in [0.3, 0.4) is 0 Å². The van der Waals surface area contributed by atoms with Gasteiger partial charge in [-0.15, -0.1) is 0 Å². The summed E-state index contributed by atoms with van der Waals surface area (Å²) in [7, 11) is 0. The lowest BCUT2D eigenvalue weighted by Crippen LogP contribution is -2.73. The second kappa shape index (κ2) is 10.5. The van der Waals surface area contributed by atoms with Gasteiger partial charge in [0.2, 0.25) is 0 Å². The smallest absolute Gasteiger partial charge is 0.459 e. The maximum absolute atomic E-state index is 13.5. The maximum Gasteiger partial charge on any atom is 0.460 e. The Hall–Kier alpha value is -1.70. The highest BCUT2D eigenvalue weighted by Crippen LogP contribution is 2.62. The summed E-state index contributed by atoms with van der Waals surface area (Å²) in [5, 5.41) is 8.35. The summed E-state index contributed by atoms with van der Waals surface area (Å²) in [5.74, 6) is -52.2. The SMILES string of the molecule is O=C(OCCOCCOCCO)C(F)(F)C(F)(F)C(F)(F)C(F)(F)C(F)(F)C(F)(F)C(F)(F)F. The molecule has 0 atom stereocenters. The molecule has 0 bridgehead atoms. The Balaban J connectivity index is 5.65. The first-order chi connectivity index (χ1) is 15.0. The van der Waals surface area contributed by atoms with Crippen LogP contribution in [0, 0.1) is 0 Å². The normalized spacial score (nSPS) is 14.9. The fourth-order valence-electron chi connectivity index (χ4n) is 1.77. The fraction of sp³-hybridized carbons (Fsp3) is 0.929. The average Bonchev–Trinajstić information content (AvgIpc) is 2.68. The van der Waals surface area contributed by atoms with Gasteiger partial charge in [-0.05, 0) is 0 Å². The van der Waals surface area contributed by atoms with Gasteiger partial charge in [-0.1, -0.05) is 0 Å². The summed E-state index contributed by atoms with van der Waals surface area (Å²) >= 11 is 0. The molecule has 0 aliphatic rings. The van der Waals surface area contributed by atoms with Crippen molar-refractivity contribution >= 4 is 5.97 Å². The quantitative estimate of drug-likeness (QED) is 0.203. The zero-order valence-electron chi connectivity index (χ0n) is 16.0. The molecule has 0 spiro atoms. The molecule has 0 radical (unpaired) electrons. The first kappa shape index (κ1) is 32.3. The third-order valence-corrected chi connectivity index (χ3v) is 3.65. The molecule has 0 saturated carbocycles. The van der Waals surface area contributed by atoms with E-state index in [9.17, 15) is 70.7 Å². The van der Waals surface area contributed by atoms with E-state index in [4.69, 9.17) is 5.11 Å². The van der Waals surface area contributed by atoms with Gasteiger partial charge in [0.15, 0.2) is 0 Å². The number of carbonyl (C=O) groups excluding carboxylic acids is 1. The molecule has 0 unspecified atom stereocenters. The molecule has 5 nitrogen and oxygen atoms in total. The van der Waals surface area contributed by atoms with Crippen molar-refractivity contribution in [1.82, 2.24) is 0 Å². The Morgan fingerprint density at radius 3 is 1.29 bits per heavy atom. The molecule has 0 aromatic rings. The van der Waals surface area contributed by atoms with Crippen molar-refractivity contribution in [2.24, 2.45) is 0 Å². The highest BCUT2D eigenvalue weighted by molar-refractivity contribution is 5.79. The van der Waals surface area contributed by atoms with E-state index in [1.807, 2.05) is 0 Å². The summed E-state index contributed by atoms with van der Waals surface area (Å²) in [6.45, 7) is -3.61. The third-order valence-electron chi connectivity index (χ3n) is 3.65. The molecule has 0 aromatic carbocycles. The summed E-state index contributed by atoms with van der Waals surface area (Å²) in [4.78, 5) is 11.0. The molecule has 0 aromatic heterocycles. The van der Waals surface area contributed by atoms with Gasteiger partial charge in [-0.3, -0.25) is 0 Å². The Labute approximate surface area is 178 Å². The van der Waals surface area contributed by atoms with Gasteiger partial charge in [0.25, 0.3) is 0 Å². The van der Waals surface area contributed by atoms with Gasteiger partial charge in [-0.2, -0.15) is 65.9 Å². The minimum absolute atomic E-state index is 0.174. The lowest BCUT2D eigenvalue weighted by molar-refractivity contribution is -0.450. The largest absolute Gasteiger partial charge is 0.460 e. The van der Waals surface area contributed by atoms with E-state index in [0.717, 1.165) is 0 Å². The second-order valence-electron chi connectivity index (χ2n) is 6.03. The number of halogens is 15. The van der Waals surface area contributed by atoms with Crippen molar-refractivity contribution in [2.45, 2.75) is 41.7 Å². The van der Waals surface area contributed by atoms with Crippen LogP contribution in [0.15, 0.2) is 0 Å². The number of hydrogen-bond acceptors (Lipinski definition) is 5. The monoisotopic (exact) mass is 546 g/mol. The van der Waals surface area contributed by atoms with Crippen molar-refractivity contribution in [3.8, 4) is 0 Å². The van der Waals surface area contributed by atoms with Crippen LogP contribution >= 0.6 is 0 Å². The van der Waals surface area contributed by atoms with Gasteiger partial charge >= 0.3 is 47.7 Å². The van der Waals surface area contributed by atoms with E-state index in [-0.39, 0.29) is 13.2 Å². The van der Waals surface area contributed by atoms with Crippen LogP contribution in [0.2, 0.25) is 0 Å². The maximum atomic E-state index is 13.5. The first-order valence-corrected chi connectivity index (χ1v) is 8.25. The average molecular weight is 546 g/mol. The van der Waals surface area contributed by atoms with E-state index in [2.05, 4.69) is 14.2 Å². The van der Waals surface area contributed by atoms with Crippen LogP contribution in [-0.2, 0) is 19.0 Å². The molecule has 0 rings (SSSR count). The Morgan fingerprint density at radius 2 is 0.882 bits per heavy atom. The Bertz CT molecular complexity index is 677. The van der Waals surface area contributed by atoms with Gasteiger partial charge in [0.1, 0.15) is 6.61 Å². The van der Waals surface area contributed by atoms with Gasteiger partial charge in [0.05, 0.1) is 33.0 Å². The highest BCUT2D eigenvalue weighted by atomic mass is 19.4. The topological polar surface area (TPSA) is 65.0 Å². The lowest BCUT2D eigenvalue weighted by Gasteiger charge is -2.40. The van der Waals surface area contributed by atoms with Crippen LogP contribution in [0.25, 0.3) is 0 Å². The van der Waals surface area contributed by atoms with Crippen LogP contribution in [0.4, 0.5) is 65.9 Å². The molecule has 0 saturated heterocycles. The minimum Gasteiger partial charge on any atom is -0.459 e. The second-order valence-corrected chi connectivity index (χ2v) is 6.03. The summed E-state index contributed by atoms with van der Waals surface area (Å²) in [6, 6.07) is 0. The van der Waals surface area contributed by atoms with E-state index in [1.54, 1.807) is 0 Å². The molecule has 0 fully saturated rings. The summed E-state index contributed by atoms with van der Waals surface area (Å²) < 4.78 is 207. The zero-order chi connectivity index (χ0) is 27.4. The number of alkyl halides is 15. The Kier molecular flexibility index (Phi) is 9.98. The van der Waals surface area contributed by atoms with E-state index in [0.29, 0.717) is 0 Å². The van der Waals surface area contributed by atoms with Crippen molar-refractivity contribution in [3.05, 3.63) is 0 Å². The molecule has 0 heterocycles. The first-order valence-electron chi connectivity index (χ1n) is 8.25. The van der Waals surface area contributed by atoms with Crippen molar-refractivity contribution in [1.29, 1.82) is 0 Å². The molecule has 0 aliphatic carbocycles. The molecular weight excluding hydrogens is 533 g/mol. The molecule has 204 valence electrons. The van der Waals surface area contributed by atoms with Crippen molar-refractivity contribution in [2.75, 3.05) is 39.6 Å². The van der Waals surface area contributed by atoms with Crippen LogP contribution in [0.5, 0.6) is 0 Å². The summed E-state index contributed by atoms with van der Waals surface area (Å²) in [6.07, 6.45) is -7.71. The molecule has 0 amide bonds. The predicted octanol–water partition coefficient (Wildman–Crippen LogP) is 3.93.